The second-order valence-electron chi connectivity index (χ2n) is 6.82. The van der Waals surface area contributed by atoms with Gasteiger partial charge in [-0.05, 0) is 37.0 Å². The Morgan fingerprint density at radius 2 is 1.96 bits per heavy atom. The van der Waals surface area contributed by atoms with Crippen molar-refractivity contribution in [2.24, 2.45) is 5.73 Å². The van der Waals surface area contributed by atoms with Crippen molar-refractivity contribution in [2.75, 3.05) is 27.3 Å². The zero-order valence-electron chi connectivity index (χ0n) is 14.8. The molecular formula is C18H26FN3O3. The van der Waals surface area contributed by atoms with Gasteiger partial charge in [0.1, 0.15) is 6.17 Å². The molecule has 1 saturated heterocycles. The summed E-state index contributed by atoms with van der Waals surface area (Å²) in [7, 11) is 3.22. The van der Waals surface area contributed by atoms with Crippen molar-refractivity contribution in [1.82, 2.24) is 9.80 Å². The Morgan fingerprint density at radius 1 is 1.24 bits per heavy atom. The number of carbonyl (C=O) groups excluding carboxylic acids is 1. The Bertz CT molecular complexity index is 624. The summed E-state index contributed by atoms with van der Waals surface area (Å²) in [5.41, 5.74) is 6.46. The number of primary amides is 1. The quantitative estimate of drug-likeness (QED) is 0.853. The van der Waals surface area contributed by atoms with Crippen LogP contribution >= 0.6 is 0 Å². The molecule has 0 radical (unpaired) electrons. The molecular weight excluding hydrogens is 325 g/mol. The van der Waals surface area contributed by atoms with E-state index in [9.17, 15) is 9.18 Å². The van der Waals surface area contributed by atoms with Crippen molar-refractivity contribution in [3.05, 3.63) is 23.8 Å². The summed E-state index contributed by atoms with van der Waals surface area (Å²) in [6.07, 6.45) is 1.63. The van der Waals surface area contributed by atoms with Crippen molar-refractivity contribution < 1.29 is 18.7 Å². The van der Waals surface area contributed by atoms with Gasteiger partial charge in [0, 0.05) is 25.2 Å². The standard InChI is InChI=1S/C18H26FN3O3/c1-24-16-6-3-12(7-17(16)25-2)9-22(14-4-5-14)15-8-13(19)10-21(11-15)18(20)23/h3,6-7,13-15H,4-5,8-11H2,1-2H3,(H2,20,23)/t13-,15+/m0/s1. The largest absolute Gasteiger partial charge is 0.493 e. The first kappa shape index (κ1) is 17.8. The highest BCUT2D eigenvalue weighted by Crippen LogP contribution is 2.35. The van der Waals surface area contributed by atoms with Gasteiger partial charge in [-0.1, -0.05) is 6.07 Å². The smallest absolute Gasteiger partial charge is 0.314 e. The molecule has 6 nitrogen and oxygen atoms in total. The summed E-state index contributed by atoms with van der Waals surface area (Å²) in [5, 5.41) is 0. The maximum atomic E-state index is 14.1. The molecule has 0 aromatic heterocycles. The third-order valence-corrected chi connectivity index (χ3v) is 4.99. The van der Waals surface area contributed by atoms with E-state index in [1.165, 1.54) is 4.90 Å². The lowest BCUT2D eigenvalue weighted by atomic mass is 10.0. The SMILES string of the molecule is COc1ccc(CN(C2CC2)[C@@H]2C[C@H](F)CN(C(N)=O)C2)cc1OC. The summed E-state index contributed by atoms with van der Waals surface area (Å²) in [6, 6.07) is 5.71. The number of amides is 2. The minimum atomic E-state index is -1.03. The molecule has 2 aliphatic rings. The van der Waals surface area contributed by atoms with Crippen molar-refractivity contribution in [1.29, 1.82) is 0 Å². The molecule has 138 valence electrons. The molecule has 0 bridgehead atoms. The van der Waals surface area contributed by atoms with Crippen molar-refractivity contribution >= 4 is 6.03 Å². The topological polar surface area (TPSA) is 68.0 Å². The molecule has 1 saturated carbocycles. The number of carbonyl (C=O) groups is 1. The molecule has 1 aliphatic heterocycles. The molecule has 2 atom stereocenters. The van der Waals surface area contributed by atoms with E-state index in [4.69, 9.17) is 15.2 Å². The van der Waals surface area contributed by atoms with Gasteiger partial charge in [0.25, 0.3) is 0 Å². The Labute approximate surface area is 147 Å². The number of halogens is 1. The summed E-state index contributed by atoms with van der Waals surface area (Å²) in [4.78, 5) is 15.2. The first-order valence-corrected chi connectivity index (χ1v) is 8.67. The molecule has 2 amide bonds. The molecule has 7 heteroatoms. The normalized spacial score (nSPS) is 23.6. The van der Waals surface area contributed by atoms with Crippen LogP contribution in [-0.2, 0) is 6.54 Å². The number of piperidine rings is 1. The molecule has 1 aliphatic carbocycles. The number of hydrogen-bond acceptors (Lipinski definition) is 4. The lowest BCUT2D eigenvalue weighted by molar-refractivity contribution is 0.0587. The zero-order valence-corrected chi connectivity index (χ0v) is 14.8. The third kappa shape index (κ3) is 4.15. The molecule has 2 fully saturated rings. The van der Waals surface area contributed by atoms with Gasteiger partial charge in [-0.3, -0.25) is 4.90 Å². The monoisotopic (exact) mass is 351 g/mol. The fourth-order valence-corrected chi connectivity index (χ4v) is 3.58. The molecule has 1 aromatic carbocycles. The van der Waals surface area contributed by atoms with Gasteiger partial charge >= 0.3 is 6.03 Å². The van der Waals surface area contributed by atoms with Gasteiger partial charge in [0.05, 0.1) is 20.8 Å². The van der Waals surface area contributed by atoms with Crippen molar-refractivity contribution in [3.8, 4) is 11.5 Å². The van der Waals surface area contributed by atoms with E-state index in [1.54, 1.807) is 14.2 Å². The van der Waals surface area contributed by atoms with E-state index in [1.807, 2.05) is 18.2 Å². The van der Waals surface area contributed by atoms with Gasteiger partial charge < -0.3 is 20.1 Å². The number of likely N-dealkylation sites (tertiary alicyclic amines) is 1. The summed E-state index contributed by atoms with van der Waals surface area (Å²) in [5.74, 6) is 1.37. The average Bonchev–Trinajstić information content (AvgIpc) is 3.43. The Kier molecular flexibility index (Phi) is 5.32. The average molecular weight is 351 g/mol. The van der Waals surface area contributed by atoms with Crippen molar-refractivity contribution in [2.45, 2.75) is 44.1 Å². The number of nitrogens with zero attached hydrogens (tertiary/aromatic N) is 2. The summed E-state index contributed by atoms with van der Waals surface area (Å²) < 4.78 is 24.8. The molecule has 2 N–H and O–H groups in total. The molecule has 0 unspecified atom stereocenters. The van der Waals surface area contributed by atoms with E-state index in [2.05, 4.69) is 4.90 Å². The van der Waals surface area contributed by atoms with Gasteiger partial charge in [-0.25, -0.2) is 9.18 Å². The van der Waals surface area contributed by atoms with Gasteiger partial charge in [0.15, 0.2) is 11.5 Å². The molecule has 1 aromatic rings. The van der Waals surface area contributed by atoms with E-state index < -0.39 is 12.2 Å². The van der Waals surface area contributed by atoms with Crippen LogP contribution in [0.1, 0.15) is 24.8 Å². The van der Waals surface area contributed by atoms with Crippen LogP contribution in [0.5, 0.6) is 11.5 Å². The van der Waals surface area contributed by atoms with Crippen LogP contribution in [0.2, 0.25) is 0 Å². The number of methoxy groups -OCH3 is 2. The number of benzene rings is 1. The second kappa shape index (κ2) is 7.47. The lowest BCUT2D eigenvalue weighted by Gasteiger charge is -2.40. The summed E-state index contributed by atoms with van der Waals surface area (Å²) >= 11 is 0. The van der Waals surface area contributed by atoms with Crippen LogP contribution in [0, 0.1) is 0 Å². The molecule has 0 spiro atoms. The number of hydrogen-bond donors (Lipinski definition) is 1. The Hall–Kier alpha value is -2.02. The first-order chi connectivity index (χ1) is 12.0. The Morgan fingerprint density at radius 3 is 2.56 bits per heavy atom. The number of nitrogens with two attached hydrogens (primary N) is 1. The third-order valence-electron chi connectivity index (χ3n) is 4.99. The van der Waals surface area contributed by atoms with Gasteiger partial charge in [-0.15, -0.1) is 0 Å². The van der Waals surface area contributed by atoms with Crippen LogP contribution in [0.3, 0.4) is 0 Å². The zero-order chi connectivity index (χ0) is 18.0. The summed E-state index contributed by atoms with van der Waals surface area (Å²) in [6.45, 7) is 1.27. The fraction of sp³-hybridized carbons (Fsp3) is 0.611. The number of urea groups is 1. The van der Waals surface area contributed by atoms with E-state index in [0.29, 0.717) is 37.1 Å². The van der Waals surface area contributed by atoms with Crippen LogP contribution in [0.4, 0.5) is 9.18 Å². The number of rotatable bonds is 6. The highest BCUT2D eigenvalue weighted by Gasteiger charge is 2.39. The number of ether oxygens (including phenoxy) is 2. The highest BCUT2D eigenvalue weighted by atomic mass is 19.1. The minimum Gasteiger partial charge on any atom is -0.493 e. The maximum absolute atomic E-state index is 14.1. The fourth-order valence-electron chi connectivity index (χ4n) is 3.58. The maximum Gasteiger partial charge on any atom is 0.314 e. The van der Waals surface area contributed by atoms with Crippen LogP contribution in [-0.4, -0.2) is 61.4 Å². The molecule has 3 rings (SSSR count). The predicted molar refractivity (Wildman–Crippen MR) is 92.6 cm³/mol. The minimum absolute atomic E-state index is 0.0168. The van der Waals surface area contributed by atoms with Gasteiger partial charge in [0.2, 0.25) is 0 Å². The van der Waals surface area contributed by atoms with Crippen LogP contribution < -0.4 is 15.2 Å². The highest BCUT2D eigenvalue weighted by molar-refractivity contribution is 5.72. The second-order valence-corrected chi connectivity index (χ2v) is 6.82. The van der Waals surface area contributed by atoms with Crippen molar-refractivity contribution in [3.63, 3.8) is 0 Å². The van der Waals surface area contributed by atoms with E-state index in [-0.39, 0.29) is 12.6 Å². The predicted octanol–water partition coefficient (Wildman–Crippen LogP) is 2.16. The number of alkyl halides is 1. The molecule has 1 heterocycles. The van der Waals surface area contributed by atoms with Crippen LogP contribution in [0.15, 0.2) is 18.2 Å². The van der Waals surface area contributed by atoms with E-state index in [0.717, 1.165) is 18.4 Å². The molecule has 25 heavy (non-hydrogen) atoms. The Balaban J connectivity index is 1.76. The lowest BCUT2D eigenvalue weighted by Crippen LogP contribution is -2.55. The first-order valence-electron chi connectivity index (χ1n) is 8.67. The van der Waals surface area contributed by atoms with Gasteiger partial charge in [-0.2, -0.15) is 0 Å². The van der Waals surface area contributed by atoms with Crippen LogP contribution in [0.25, 0.3) is 0 Å². The van der Waals surface area contributed by atoms with E-state index >= 15 is 0 Å².